The molecule has 0 bridgehead atoms. The Hall–Kier alpha value is -1.01. The lowest BCUT2D eigenvalue weighted by atomic mass is 10.3. The van der Waals surface area contributed by atoms with Gasteiger partial charge in [-0.05, 0) is 12.1 Å². The van der Waals surface area contributed by atoms with Crippen molar-refractivity contribution in [2.24, 2.45) is 0 Å². The number of nitrogens with zero attached hydrogens (tertiary/aromatic N) is 1. The van der Waals surface area contributed by atoms with Gasteiger partial charge in [0.25, 0.3) is 0 Å². The van der Waals surface area contributed by atoms with Crippen molar-refractivity contribution in [1.82, 2.24) is 10.2 Å². The molecule has 2 rings (SSSR count). The van der Waals surface area contributed by atoms with Crippen LogP contribution in [0.5, 0.6) is 0 Å². The average molecular weight is 318 g/mol. The van der Waals surface area contributed by atoms with Gasteiger partial charge in [-0.15, -0.1) is 0 Å². The van der Waals surface area contributed by atoms with E-state index in [2.05, 4.69) is 15.5 Å². The molecular formula is C13H17Cl2N3O2. The van der Waals surface area contributed by atoms with Gasteiger partial charge in [0, 0.05) is 26.2 Å². The second-order valence-electron chi connectivity index (χ2n) is 4.44. The van der Waals surface area contributed by atoms with Gasteiger partial charge in [-0.1, -0.05) is 29.3 Å². The second-order valence-corrected chi connectivity index (χ2v) is 5.22. The molecule has 2 amide bonds. The van der Waals surface area contributed by atoms with Gasteiger partial charge < -0.3 is 15.4 Å². The number of nitrogens with one attached hydrogen (secondary N) is 2. The summed E-state index contributed by atoms with van der Waals surface area (Å²) in [5.74, 6) is 0. The SMILES string of the molecule is O=C(NCCN1CCOCC1)Nc1cccc(Cl)c1Cl. The molecule has 1 aliphatic heterocycles. The molecule has 5 nitrogen and oxygen atoms in total. The molecule has 1 heterocycles. The lowest BCUT2D eigenvalue weighted by Gasteiger charge is -2.26. The molecule has 0 radical (unpaired) electrons. The molecule has 0 aliphatic carbocycles. The summed E-state index contributed by atoms with van der Waals surface area (Å²) < 4.78 is 5.26. The number of benzene rings is 1. The van der Waals surface area contributed by atoms with E-state index in [1.165, 1.54) is 0 Å². The molecule has 0 saturated carbocycles. The summed E-state index contributed by atoms with van der Waals surface area (Å²) in [4.78, 5) is 14.0. The fourth-order valence-corrected chi connectivity index (χ4v) is 2.27. The minimum atomic E-state index is -0.289. The van der Waals surface area contributed by atoms with E-state index < -0.39 is 0 Å². The maximum Gasteiger partial charge on any atom is 0.319 e. The fraction of sp³-hybridized carbons (Fsp3) is 0.462. The number of carbonyl (C=O) groups is 1. The molecule has 7 heteroatoms. The first kappa shape index (κ1) is 15.4. The fourth-order valence-electron chi connectivity index (χ4n) is 1.92. The molecule has 0 spiro atoms. The summed E-state index contributed by atoms with van der Waals surface area (Å²) in [5.41, 5.74) is 0.503. The second kappa shape index (κ2) is 7.69. The molecule has 1 aromatic rings. The largest absolute Gasteiger partial charge is 0.379 e. The van der Waals surface area contributed by atoms with E-state index in [0.29, 0.717) is 22.3 Å². The molecule has 1 saturated heterocycles. The highest BCUT2D eigenvalue weighted by Crippen LogP contribution is 2.29. The Balaban J connectivity index is 1.73. The van der Waals surface area contributed by atoms with E-state index in [4.69, 9.17) is 27.9 Å². The monoisotopic (exact) mass is 317 g/mol. The highest BCUT2D eigenvalue weighted by Gasteiger charge is 2.11. The molecule has 0 aromatic heterocycles. The van der Waals surface area contributed by atoms with Crippen LogP contribution in [0.4, 0.5) is 10.5 Å². The minimum absolute atomic E-state index is 0.289. The number of anilines is 1. The third-order valence-corrected chi connectivity index (χ3v) is 3.84. The summed E-state index contributed by atoms with van der Waals surface area (Å²) in [7, 11) is 0. The van der Waals surface area contributed by atoms with E-state index >= 15 is 0 Å². The lowest BCUT2D eigenvalue weighted by Crippen LogP contribution is -2.42. The van der Waals surface area contributed by atoms with Crippen LogP contribution in [0.15, 0.2) is 18.2 Å². The first-order valence-corrected chi connectivity index (χ1v) is 7.21. The van der Waals surface area contributed by atoms with E-state index in [1.807, 2.05) is 0 Å². The zero-order valence-corrected chi connectivity index (χ0v) is 12.5. The first-order chi connectivity index (χ1) is 9.66. The van der Waals surface area contributed by atoms with Crippen molar-refractivity contribution in [3.63, 3.8) is 0 Å². The number of halogens is 2. The van der Waals surface area contributed by atoms with E-state index in [9.17, 15) is 4.79 Å². The zero-order valence-electron chi connectivity index (χ0n) is 11.0. The van der Waals surface area contributed by atoms with Crippen LogP contribution < -0.4 is 10.6 Å². The number of amides is 2. The number of urea groups is 1. The highest BCUT2D eigenvalue weighted by atomic mass is 35.5. The van der Waals surface area contributed by atoms with Crippen LogP contribution in [0.3, 0.4) is 0 Å². The van der Waals surface area contributed by atoms with Crippen LogP contribution in [0.25, 0.3) is 0 Å². The van der Waals surface area contributed by atoms with Crippen LogP contribution in [0.1, 0.15) is 0 Å². The van der Waals surface area contributed by atoms with E-state index in [1.54, 1.807) is 18.2 Å². The van der Waals surface area contributed by atoms with Gasteiger partial charge in [0.05, 0.1) is 28.9 Å². The highest BCUT2D eigenvalue weighted by molar-refractivity contribution is 6.43. The van der Waals surface area contributed by atoms with Crippen molar-refractivity contribution in [3.8, 4) is 0 Å². The average Bonchev–Trinajstić information content (AvgIpc) is 2.45. The minimum Gasteiger partial charge on any atom is -0.379 e. The normalized spacial score (nSPS) is 15.9. The molecular weight excluding hydrogens is 301 g/mol. The number of rotatable bonds is 4. The van der Waals surface area contributed by atoms with Crippen LogP contribution in [-0.4, -0.2) is 50.3 Å². The van der Waals surface area contributed by atoms with Gasteiger partial charge in [-0.3, -0.25) is 4.90 Å². The van der Waals surface area contributed by atoms with Crippen molar-refractivity contribution < 1.29 is 9.53 Å². The van der Waals surface area contributed by atoms with Crippen LogP contribution >= 0.6 is 23.2 Å². The molecule has 1 aliphatic rings. The standard InChI is InChI=1S/C13H17Cl2N3O2/c14-10-2-1-3-11(12(10)15)17-13(19)16-4-5-18-6-8-20-9-7-18/h1-3H,4-9H2,(H2,16,17,19). The summed E-state index contributed by atoms with van der Waals surface area (Å²) in [6.45, 7) is 4.70. The molecule has 110 valence electrons. The molecule has 1 aromatic carbocycles. The number of hydrogen-bond acceptors (Lipinski definition) is 3. The topological polar surface area (TPSA) is 53.6 Å². The smallest absolute Gasteiger partial charge is 0.319 e. The Morgan fingerprint density at radius 1 is 1.30 bits per heavy atom. The van der Waals surface area contributed by atoms with Crippen molar-refractivity contribution in [3.05, 3.63) is 28.2 Å². The Labute approximate surface area is 128 Å². The van der Waals surface area contributed by atoms with Crippen molar-refractivity contribution in [2.45, 2.75) is 0 Å². The predicted molar refractivity (Wildman–Crippen MR) is 80.7 cm³/mol. The Morgan fingerprint density at radius 2 is 2.05 bits per heavy atom. The third kappa shape index (κ3) is 4.52. The van der Waals surface area contributed by atoms with Gasteiger partial charge in [0.15, 0.2) is 0 Å². The summed E-state index contributed by atoms with van der Waals surface area (Å²) in [6, 6.07) is 4.82. The number of carbonyl (C=O) groups excluding carboxylic acids is 1. The maximum atomic E-state index is 11.8. The molecule has 0 atom stereocenters. The van der Waals surface area contributed by atoms with Crippen molar-refractivity contribution >= 4 is 34.9 Å². The van der Waals surface area contributed by atoms with Crippen LogP contribution in [-0.2, 0) is 4.74 Å². The van der Waals surface area contributed by atoms with Gasteiger partial charge in [0.1, 0.15) is 0 Å². The Bertz CT molecular complexity index is 465. The number of ether oxygens (including phenoxy) is 1. The number of morpholine rings is 1. The van der Waals surface area contributed by atoms with E-state index in [0.717, 1.165) is 32.8 Å². The lowest BCUT2D eigenvalue weighted by molar-refractivity contribution is 0.0388. The first-order valence-electron chi connectivity index (χ1n) is 6.46. The van der Waals surface area contributed by atoms with Gasteiger partial charge >= 0.3 is 6.03 Å². The summed E-state index contributed by atoms with van der Waals surface area (Å²) in [5, 5.41) is 6.23. The zero-order chi connectivity index (χ0) is 14.4. The molecule has 20 heavy (non-hydrogen) atoms. The predicted octanol–water partition coefficient (Wildman–Crippen LogP) is 2.45. The molecule has 1 fully saturated rings. The van der Waals surface area contributed by atoms with Gasteiger partial charge in [-0.25, -0.2) is 4.79 Å². The quantitative estimate of drug-likeness (QED) is 0.896. The number of hydrogen-bond donors (Lipinski definition) is 2. The van der Waals surface area contributed by atoms with Crippen LogP contribution in [0.2, 0.25) is 10.0 Å². The van der Waals surface area contributed by atoms with Crippen LogP contribution in [0, 0.1) is 0 Å². The van der Waals surface area contributed by atoms with E-state index in [-0.39, 0.29) is 6.03 Å². The third-order valence-electron chi connectivity index (χ3n) is 3.02. The van der Waals surface area contributed by atoms with Gasteiger partial charge in [-0.2, -0.15) is 0 Å². The van der Waals surface area contributed by atoms with Gasteiger partial charge in [0.2, 0.25) is 0 Å². The molecule has 2 N–H and O–H groups in total. The molecule has 0 unspecified atom stereocenters. The Kier molecular flexibility index (Phi) is 5.91. The van der Waals surface area contributed by atoms with Crippen molar-refractivity contribution in [2.75, 3.05) is 44.7 Å². The summed E-state index contributed by atoms with van der Waals surface area (Å²) in [6.07, 6.45) is 0. The Morgan fingerprint density at radius 3 is 2.80 bits per heavy atom. The maximum absolute atomic E-state index is 11.8. The summed E-state index contributed by atoms with van der Waals surface area (Å²) >= 11 is 11.9. The van der Waals surface area contributed by atoms with Crippen molar-refractivity contribution in [1.29, 1.82) is 0 Å².